The molecule has 0 radical (unpaired) electrons. The summed E-state index contributed by atoms with van der Waals surface area (Å²) in [6, 6.07) is -0.847. The number of hydrogen-bond acceptors (Lipinski definition) is 5. The fraction of sp³-hybridized carbons (Fsp3) is 0.919. The van der Waals surface area contributed by atoms with Crippen LogP contribution in [0.4, 0.5) is 0 Å². The fourth-order valence-corrected chi connectivity index (χ4v) is 6.27. The number of hydrogen-bond donors (Lipinski definition) is 1. The van der Waals surface area contributed by atoms with Crippen molar-refractivity contribution in [3.8, 4) is 0 Å². The predicted octanol–water partition coefficient (Wildman–Crippen LogP) is 9.98. The molecule has 1 aliphatic rings. The lowest BCUT2D eigenvalue weighted by atomic mass is 10.0. The molecule has 0 aromatic carbocycles. The Hall–Kier alpha value is -1.43. The molecule has 1 unspecified atom stereocenters. The largest absolute Gasteiger partial charge is 0.392 e. The van der Waals surface area contributed by atoms with Crippen LogP contribution in [0.15, 0.2) is 0 Å². The summed E-state index contributed by atoms with van der Waals surface area (Å²) in [6.07, 6.45) is 32.2. The Morgan fingerprint density at radius 3 is 1.30 bits per heavy atom. The summed E-state index contributed by atoms with van der Waals surface area (Å²) in [6.45, 7) is 4.65. The molecule has 0 bridgehead atoms. The summed E-state index contributed by atoms with van der Waals surface area (Å²) in [7, 11) is 0. The molecule has 6 nitrogen and oxygen atoms in total. The molecule has 1 aliphatic heterocycles. The lowest BCUT2D eigenvalue weighted by molar-refractivity contribution is -0.164. The molecular weight excluding hydrogens is 538 g/mol. The van der Waals surface area contributed by atoms with Crippen molar-refractivity contribution in [3.05, 3.63) is 0 Å². The first-order chi connectivity index (χ1) is 21.0. The molecule has 1 saturated heterocycles. The zero-order chi connectivity index (χ0) is 31.4. The van der Waals surface area contributed by atoms with Crippen LogP contribution in [0.25, 0.3) is 0 Å². The van der Waals surface area contributed by atoms with Crippen LogP contribution in [0, 0.1) is 0 Å². The highest BCUT2D eigenvalue weighted by Crippen LogP contribution is 2.22. The van der Waals surface area contributed by atoms with E-state index in [1.807, 2.05) is 0 Å². The van der Waals surface area contributed by atoms with Crippen LogP contribution >= 0.6 is 0 Å². The molecule has 1 fully saturated rings. The quantitative estimate of drug-likeness (QED) is 0.0520. The standard InChI is InChI=1S/C37H69NO5/c1-3-5-7-9-11-13-15-17-19-21-23-25-27-29-35(40)38-32-33(39)31-34(38)37(42)43-36(41)30-28-26-24-22-20-18-16-14-12-10-8-6-4-2/h33-34,39H,3-32H2,1-2H3/t33?,34-/m0/s1. The Bertz CT molecular complexity index is 696. The number of β-amino-alcohol motifs (C(OH)–C–C–N with tert-alkyl or cyclic N) is 1. The number of amides is 1. The van der Waals surface area contributed by atoms with Gasteiger partial charge in [0.05, 0.1) is 6.10 Å². The Labute approximate surface area is 265 Å². The third-order valence-electron chi connectivity index (χ3n) is 9.06. The second-order valence-corrected chi connectivity index (χ2v) is 13.2. The van der Waals surface area contributed by atoms with Crippen LogP contribution in [0.1, 0.15) is 200 Å². The maximum atomic E-state index is 12.8. The van der Waals surface area contributed by atoms with Gasteiger partial charge < -0.3 is 14.7 Å². The third kappa shape index (κ3) is 21.8. The minimum Gasteiger partial charge on any atom is -0.392 e. The number of aliphatic hydroxyl groups excluding tert-OH is 1. The van der Waals surface area contributed by atoms with E-state index < -0.39 is 24.1 Å². The van der Waals surface area contributed by atoms with E-state index in [2.05, 4.69) is 13.8 Å². The minimum atomic E-state index is -0.847. The Morgan fingerprint density at radius 1 is 0.558 bits per heavy atom. The molecule has 43 heavy (non-hydrogen) atoms. The van der Waals surface area contributed by atoms with Gasteiger partial charge >= 0.3 is 11.9 Å². The molecule has 1 rings (SSSR count). The van der Waals surface area contributed by atoms with Crippen LogP contribution in [0.5, 0.6) is 0 Å². The van der Waals surface area contributed by atoms with E-state index >= 15 is 0 Å². The van der Waals surface area contributed by atoms with Crippen LogP contribution in [0.2, 0.25) is 0 Å². The van der Waals surface area contributed by atoms with E-state index in [0.717, 1.165) is 38.5 Å². The van der Waals surface area contributed by atoms with Crippen molar-refractivity contribution >= 4 is 17.8 Å². The van der Waals surface area contributed by atoms with Crippen LogP contribution in [-0.4, -0.2) is 46.5 Å². The molecule has 0 aromatic heterocycles. The van der Waals surface area contributed by atoms with Crippen LogP contribution in [-0.2, 0) is 19.1 Å². The van der Waals surface area contributed by atoms with Gasteiger partial charge in [-0.15, -0.1) is 0 Å². The highest BCUT2D eigenvalue weighted by atomic mass is 16.6. The average Bonchev–Trinajstić information content (AvgIpc) is 3.39. The van der Waals surface area contributed by atoms with E-state index in [4.69, 9.17) is 4.74 Å². The third-order valence-corrected chi connectivity index (χ3v) is 9.06. The summed E-state index contributed by atoms with van der Waals surface area (Å²) in [5, 5.41) is 10.1. The Morgan fingerprint density at radius 2 is 0.907 bits per heavy atom. The highest BCUT2D eigenvalue weighted by Gasteiger charge is 2.40. The second-order valence-electron chi connectivity index (χ2n) is 13.2. The first kappa shape index (κ1) is 39.6. The van der Waals surface area contributed by atoms with E-state index in [-0.39, 0.29) is 25.3 Å². The van der Waals surface area contributed by atoms with Crippen molar-refractivity contribution < 1.29 is 24.2 Å². The van der Waals surface area contributed by atoms with Gasteiger partial charge in [0.1, 0.15) is 6.04 Å². The van der Waals surface area contributed by atoms with Gasteiger partial charge in [-0.1, -0.05) is 168 Å². The summed E-state index contributed by atoms with van der Waals surface area (Å²) < 4.78 is 5.11. The van der Waals surface area contributed by atoms with E-state index in [9.17, 15) is 19.5 Å². The maximum absolute atomic E-state index is 12.8. The number of ether oxygens (including phenoxy) is 1. The number of carbonyl (C=O) groups is 3. The van der Waals surface area contributed by atoms with E-state index in [0.29, 0.717) is 6.42 Å². The molecule has 1 amide bonds. The number of esters is 2. The van der Waals surface area contributed by atoms with Crippen molar-refractivity contribution in [3.63, 3.8) is 0 Å². The van der Waals surface area contributed by atoms with Crippen molar-refractivity contribution in [2.45, 2.75) is 212 Å². The number of nitrogens with zero attached hydrogens (tertiary/aromatic N) is 1. The van der Waals surface area contributed by atoms with Gasteiger partial charge in [0, 0.05) is 25.8 Å². The van der Waals surface area contributed by atoms with Crippen molar-refractivity contribution in [2.75, 3.05) is 6.54 Å². The second kappa shape index (κ2) is 28.1. The molecule has 2 atom stereocenters. The summed E-state index contributed by atoms with van der Waals surface area (Å²) in [4.78, 5) is 39.2. The fourth-order valence-electron chi connectivity index (χ4n) is 6.27. The SMILES string of the molecule is CCCCCCCCCCCCCCCC(=O)OC(=O)[C@@H]1CC(O)CN1C(=O)CCCCCCCCCCCCCCC. The van der Waals surface area contributed by atoms with Crippen molar-refractivity contribution in [1.29, 1.82) is 0 Å². The number of aliphatic hydroxyl groups is 1. The zero-order valence-electron chi connectivity index (χ0n) is 28.4. The topological polar surface area (TPSA) is 83.9 Å². The van der Waals surface area contributed by atoms with Gasteiger partial charge in [-0.25, -0.2) is 4.79 Å². The summed E-state index contributed by atoms with van der Waals surface area (Å²) in [5.41, 5.74) is 0. The van der Waals surface area contributed by atoms with Crippen LogP contribution < -0.4 is 0 Å². The van der Waals surface area contributed by atoms with Crippen LogP contribution in [0.3, 0.4) is 0 Å². The van der Waals surface area contributed by atoms with Gasteiger partial charge in [0.25, 0.3) is 0 Å². The monoisotopic (exact) mass is 608 g/mol. The number of likely N-dealkylation sites (tertiary alicyclic amines) is 1. The molecule has 1 N–H and O–H groups in total. The maximum Gasteiger partial charge on any atom is 0.336 e. The summed E-state index contributed by atoms with van der Waals surface area (Å²) in [5.74, 6) is -1.32. The number of unbranched alkanes of at least 4 members (excludes halogenated alkanes) is 24. The van der Waals surface area contributed by atoms with E-state index in [1.165, 1.54) is 133 Å². The first-order valence-corrected chi connectivity index (χ1v) is 18.7. The predicted molar refractivity (Wildman–Crippen MR) is 178 cm³/mol. The molecule has 6 heteroatoms. The Balaban J connectivity index is 2.08. The van der Waals surface area contributed by atoms with Gasteiger partial charge in [-0.05, 0) is 12.8 Å². The number of carbonyl (C=O) groups excluding carboxylic acids is 3. The van der Waals surface area contributed by atoms with Gasteiger partial charge in [0.2, 0.25) is 5.91 Å². The molecule has 252 valence electrons. The lowest BCUT2D eigenvalue weighted by Crippen LogP contribution is -2.42. The first-order valence-electron chi connectivity index (χ1n) is 18.7. The van der Waals surface area contributed by atoms with Crippen molar-refractivity contribution in [1.82, 2.24) is 4.90 Å². The van der Waals surface area contributed by atoms with Gasteiger partial charge in [-0.2, -0.15) is 0 Å². The van der Waals surface area contributed by atoms with Gasteiger partial charge in [0.15, 0.2) is 0 Å². The molecule has 0 saturated carbocycles. The van der Waals surface area contributed by atoms with Crippen molar-refractivity contribution in [2.24, 2.45) is 0 Å². The normalized spacial score (nSPS) is 16.6. The summed E-state index contributed by atoms with van der Waals surface area (Å²) >= 11 is 0. The molecule has 0 aliphatic carbocycles. The average molecular weight is 608 g/mol. The molecular formula is C37H69NO5. The number of rotatable bonds is 29. The molecule has 0 aromatic rings. The molecule has 1 heterocycles. The van der Waals surface area contributed by atoms with E-state index in [1.54, 1.807) is 0 Å². The minimum absolute atomic E-state index is 0.120. The smallest absolute Gasteiger partial charge is 0.336 e. The Kier molecular flexibility index (Phi) is 25.8. The molecule has 0 spiro atoms. The zero-order valence-corrected chi connectivity index (χ0v) is 28.4. The lowest BCUT2D eigenvalue weighted by Gasteiger charge is -2.22. The van der Waals surface area contributed by atoms with Gasteiger partial charge in [-0.3, -0.25) is 9.59 Å². The highest BCUT2D eigenvalue weighted by molar-refractivity contribution is 5.91.